The first kappa shape index (κ1) is 11.1. The Morgan fingerprint density at radius 3 is 2.65 bits per heavy atom. The van der Waals surface area contributed by atoms with Crippen molar-refractivity contribution in [3.63, 3.8) is 0 Å². The summed E-state index contributed by atoms with van der Waals surface area (Å²) in [6.07, 6.45) is 1.84. The minimum atomic E-state index is -0.129. The molecule has 0 spiro atoms. The van der Waals surface area contributed by atoms with Gasteiger partial charge in [0.25, 0.3) is 0 Å². The largest absolute Gasteiger partial charge is 0.399 e. The zero-order valence-corrected chi connectivity index (χ0v) is 9.13. The van der Waals surface area contributed by atoms with Crippen LogP contribution in [0, 0.1) is 0 Å². The van der Waals surface area contributed by atoms with Crippen molar-refractivity contribution >= 4 is 17.4 Å². The lowest BCUT2D eigenvalue weighted by Crippen LogP contribution is -2.15. The number of hydrogen-bond acceptors (Lipinski definition) is 4. The Hall–Kier alpha value is -2.43. The Morgan fingerprint density at radius 1 is 1.24 bits per heavy atom. The molecule has 0 saturated carbocycles. The minimum Gasteiger partial charge on any atom is -0.399 e. The molecular weight excluding hydrogens is 216 g/mol. The molecule has 1 aromatic carbocycles. The summed E-state index contributed by atoms with van der Waals surface area (Å²) in [5.74, 6) is 0.322. The fourth-order valence-corrected chi connectivity index (χ4v) is 1.38. The molecule has 2 aromatic rings. The lowest BCUT2D eigenvalue weighted by molar-refractivity contribution is -0.115. The molecule has 1 heterocycles. The highest BCUT2D eigenvalue weighted by atomic mass is 16.1. The van der Waals surface area contributed by atoms with Gasteiger partial charge in [-0.2, -0.15) is 5.10 Å². The molecule has 3 N–H and O–H groups in total. The van der Waals surface area contributed by atoms with Crippen molar-refractivity contribution in [3.8, 4) is 0 Å². The molecule has 0 unspecified atom stereocenters. The fraction of sp³-hybridized carbons (Fsp3) is 0.0833. The second-order valence-electron chi connectivity index (χ2n) is 3.58. The number of nitrogen functional groups attached to an aromatic ring is 1. The van der Waals surface area contributed by atoms with Crippen molar-refractivity contribution in [1.29, 1.82) is 0 Å². The van der Waals surface area contributed by atoms with Crippen LogP contribution in [0.25, 0.3) is 0 Å². The van der Waals surface area contributed by atoms with Gasteiger partial charge in [-0.3, -0.25) is 4.79 Å². The Bertz CT molecular complexity index is 496. The molecule has 0 atom stereocenters. The molecule has 0 saturated heterocycles. The lowest BCUT2D eigenvalue weighted by Gasteiger charge is -2.03. The van der Waals surface area contributed by atoms with Crippen LogP contribution < -0.4 is 11.1 Å². The van der Waals surface area contributed by atoms with E-state index in [9.17, 15) is 4.79 Å². The molecule has 1 amide bonds. The highest BCUT2D eigenvalue weighted by molar-refractivity contribution is 5.91. The van der Waals surface area contributed by atoms with Gasteiger partial charge in [0.2, 0.25) is 5.91 Å². The highest BCUT2D eigenvalue weighted by Crippen LogP contribution is 2.07. The second-order valence-corrected chi connectivity index (χ2v) is 3.58. The number of anilines is 2. The van der Waals surface area contributed by atoms with Gasteiger partial charge in [0.1, 0.15) is 0 Å². The third-order valence-electron chi connectivity index (χ3n) is 2.18. The number of carbonyl (C=O) groups excluding carboxylic acids is 1. The molecule has 0 aliphatic rings. The predicted molar refractivity (Wildman–Crippen MR) is 65.2 cm³/mol. The molecule has 0 aliphatic heterocycles. The number of hydrogen-bond donors (Lipinski definition) is 2. The van der Waals surface area contributed by atoms with Gasteiger partial charge in [-0.1, -0.05) is 12.1 Å². The van der Waals surface area contributed by atoms with E-state index >= 15 is 0 Å². The molecule has 5 nitrogen and oxygen atoms in total. The molecule has 1 aromatic heterocycles. The van der Waals surface area contributed by atoms with Crippen LogP contribution in [0.2, 0.25) is 0 Å². The molecule has 0 bridgehead atoms. The molecule has 17 heavy (non-hydrogen) atoms. The van der Waals surface area contributed by atoms with Crippen molar-refractivity contribution < 1.29 is 4.79 Å². The molecule has 0 radical (unpaired) electrons. The van der Waals surface area contributed by atoms with Crippen molar-refractivity contribution in [2.75, 3.05) is 11.1 Å². The van der Waals surface area contributed by atoms with Crippen LogP contribution in [-0.2, 0) is 11.2 Å². The van der Waals surface area contributed by atoms with Crippen LogP contribution in [-0.4, -0.2) is 16.1 Å². The van der Waals surface area contributed by atoms with Gasteiger partial charge in [0, 0.05) is 11.9 Å². The number of nitrogens with two attached hydrogens (primary N) is 1. The molecule has 2 rings (SSSR count). The van der Waals surface area contributed by atoms with E-state index in [1.54, 1.807) is 30.5 Å². The summed E-state index contributed by atoms with van der Waals surface area (Å²) in [6.45, 7) is 0. The maximum atomic E-state index is 11.7. The summed E-state index contributed by atoms with van der Waals surface area (Å²) < 4.78 is 0. The number of carbonyl (C=O) groups is 1. The quantitative estimate of drug-likeness (QED) is 0.774. The Balaban J connectivity index is 1.96. The van der Waals surface area contributed by atoms with Crippen molar-refractivity contribution in [1.82, 2.24) is 10.2 Å². The monoisotopic (exact) mass is 228 g/mol. The molecule has 0 fully saturated rings. The van der Waals surface area contributed by atoms with Gasteiger partial charge >= 0.3 is 0 Å². The van der Waals surface area contributed by atoms with Gasteiger partial charge in [0.15, 0.2) is 5.82 Å². The topological polar surface area (TPSA) is 80.9 Å². The first-order valence-electron chi connectivity index (χ1n) is 5.16. The van der Waals surface area contributed by atoms with Crippen molar-refractivity contribution in [2.24, 2.45) is 0 Å². The second kappa shape index (κ2) is 5.07. The lowest BCUT2D eigenvalue weighted by atomic mass is 10.1. The number of aromatic nitrogens is 2. The molecule has 0 aliphatic carbocycles. The average molecular weight is 228 g/mol. The molecule has 5 heteroatoms. The van der Waals surface area contributed by atoms with Crippen LogP contribution in [0.3, 0.4) is 0 Å². The van der Waals surface area contributed by atoms with E-state index in [4.69, 9.17) is 5.73 Å². The van der Waals surface area contributed by atoms with Gasteiger partial charge in [-0.25, -0.2) is 0 Å². The minimum absolute atomic E-state index is 0.129. The Kier molecular flexibility index (Phi) is 3.30. The van der Waals surface area contributed by atoms with Crippen LogP contribution in [0.1, 0.15) is 5.56 Å². The van der Waals surface area contributed by atoms with Crippen molar-refractivity contribution in [2.45, 2.75) is 6.42 Å². The molecular formula is C12H12N4O. The third kappa shape index (κ3) is 3.27. The summed E-state index contributed by atoms with van der Waals surface area (Å²) in [6, 6.07) is 10.6. The fourth-order valence-electron chi connectivity index (χ4n) is 1.38. The zero-order chi connectivity index (χ0) is 12.1. The summed E-state index contributed by atoms with van der Waals surface area (Å²) in [5, 5.41) is 10.1. The van der Waals surface area contributed by atoms with Crippen LogP contribution >= 0.6 is 0 Å². The van der Waals surface area contributed by atoms with E-state index in [-0.39, 0.29) is 12.3 Å². The standard InChI is InChI=1S/C12H12N4O/c13-10-5-3-9(4-6-10)8-12(17)15-11-2-1-7-14-16-11/h1-7H,8,13H2,(H,15,16,17). The summed E-state index contributed by atoms with van der Waals surface area (Å²) >= 11 is 0. The van der Waals surface area contributed by atoms with Crippen molar-refractivity contribution in [3.05, 3.63) is 48.2 Å². The SMILES string of the molecule is Nc1ccc(CC(=O)Nc2cccnn2)cc1. The third-order valence-corrected chi connectivity index (χ3v) is 2.18. The number of nitrogens with zero attached hydrogens (tertiary/aromatic N) is 2. The predicted octanol–water partition coefficient (Wildman–Crippen LogP) is 1.24. The average Bonchev–Trinajstić information content (AvgIpc) is 2.33. The highest BCUT2D eigenvalue weighted by Gasteiger charge is 2.04. The van der Waals surface area contributed by atoms with Crippen LogP contribution in [0.15, 0.2) is 42.6 Å². The summed E-state index contributed by atoms with van der Waals surface area (Å²) in [4.78, 5) is 11.7. The van der Waals surface area contributed by atoms with E-state index in [1.165, 1.54) is 0 Å². The van der Waals surface area contributed by atoms with Crippen LogP contribution in [0.5, 0.6) is 0 Å². The zero-order valence-electron chi connectivity index (χ0n) is 9.13. The first-order chi connectivity index (χ1) is 8.24. The number of benzene rings is 1. The maximum Gasteiger partial charge on any atom is 0.229 e. The number of amides is 1. The van der Waals surface area contributed by atoms with Gasteiger partial charge in [-0.05, 0) is 29.8 Å². The Morgan fingerprint density at radius 2 is 2.00 bits per heavy atom. The van der Waals surface area contributed by atoms with E-state index in [0.717, 1.165) is 5.56 Å². The normalized spacial score (nSPS) is 9.88. The van der Waals surface area contributed by atoms with Gasteiger partial charge < -0.3 is 11.1 Å². The maximum absolute atomic E-state index is 11.7. The summed E-state index contributed by atoms with van der Waals surface area (Å²) in [5.41, 5.74) is 7.15. The van der Waals surface area contributed by atoms with Gasteiger partial charge in [0.05, 0.1) is 6.42 Å². The van der Waals surface area contributed by atoms with E-state index in [2.05, 4.69) is 15.5 Å². The summed E-state index contributed by atoms with van der Waals surface area (Å²) in [7, 11) is 0. The molecule has 86 valence electrons. The van der Waals surface area contributed by atoms with E-state index in [1.807, 2.05) is 12.1 Å². The Labute approximate surface area is 98.7 Å². The van der Waals surface area contributed by atoms with E-state index < -0.39 is 0 Å². The van der Waals surface area contributed by atoms with Crippen LogP contribution in [0.4, 0.5) is 11.5 Å². The van der Waals surface area contributed by atoms with E-state index in [0.29, 0.717) is 11.5 Å². The number of rotatable bonds is 3. The first-order valence-corrected chi connectivity index (χ1v) is 5.16. The van der Waals surface area contributed by atoms with Gasteiger partial charge in [-0.15, -0.1) is 5.10 Å². The smallest absolute Gasteiger partial charge is 0.229 e. The number of nitrogens with one attached hydrogen (secondary N) is 1.